The SMILES string of the molecule is O=C(OC#Cc1ccccc1)c1ccccc1. The molecule has 0 heterocycles. The van der Waals surface area contributed by atoms with Crippen molar-refractivity contribution in [1.82, 2.24) is 0 Å². The van der Waals surface area contributed by atoms with Crippen LogP contribution < -0.4 is 0 Å². The van der Waals surface area contributed by atoms with Gasteiger partial charge in [-0.25, -0.2) is 4.79 Å². The van der Waals surface area contributed by atoms with E-state index in [0.717, 1.165) is 5.56 Å². The second kappa shape index (κ2) is 5.53. The number of hydrogen-bond acceptors (Lipinski definition) is 2. The van der Waals surface area contributed by atoms with Crippen LogP contribution in [0.1, 0.15) is 15.9 Å². The molecule has 0 aliphatic carbocycles. The van der Waals surface area contributed by atoms with Gasteiger partial charge in [-0.1, -0.05) is 36.4 Å². The van der Waals surface area contributed by atoms with Crippen LogP contribution in [0.4, 0.5) is 0 Å². The molecule has 17 heavy (non-hydrogen) atoms. The highest BCUT2D eigenvalue weighted by Gasteiger charge is 2.03. The Morgan fingerprint density at radius 1 is 0.882 bits per heavy atom. The molecule has 0 spiro atoms. The highest BCUT2D eigenvalue weighted by atomic mass is 16.5. The standard InChI is InChI=1S/C15H10O2/c16-15(14-9-5-2-6-10-14)17-12-11-13-7-3-1-4-8-13/h1-10H. The van der Waals surface area contributed by atoms with Crippen molar-refractivity contribution in [2.24, 2.45) is 0 Å². The molecule has 0 saturated heterocycles. The van der Waals surface area contributed by atoms with Gasteiger partial charge in [0.1, 0.15) is 6.11 Å². The third-order valence-corrected chi connectivity index (χ3v) is 2.12. The fourth-order valence-corrected chi connectivity index (χ4v) is 1.29. The molecule has 0 amide bonds. The predicted octanol–water partition coefficient (Wildman–Crippen LogP) is 2.85. The van der Waals surface area contributed by atoms with Crippen LogP contribution in [0.5, 0.6) is 0 Å². The zero-order valence-corrected chi connectivity index (χ0v) is 9.09. The van der Waals surface area contributed by atoms with E-state index in [1.165, 1.54) is 0 Å². The van der Waals surface area contributed by atoms with Crippen molar-refractivity contribution in [2.75, 3.05) is 0 Å². The minimum absolute atomic E-state index is 0.436. The van der Waals surface area contributed by atoms with Gasteiger partial charge in [0.05, 0.1) is 5.56 Å². The lowest BCUT2D eigenvalue weighted by atomic mass is 10.2. The molecule has 0 saturated carbocycles. The fraction of sp³-hybridized carbons (Fsp3) is 0. The van der Waals surface area contributed by atoms with Crippen molar-refractivity contribution < 1.29 is 9.53 Å². The molecule has 2 aromatic carbocycles. The predicted molar refractivity (Wildman–Crippen MR) is 65.2 cm³/mol. The Bertz CT molecular complexity index is 548. The fourth-order valence-electron chi connectivity index (χ4n) is 1.29. The van der Waals surface area contributed by atoms with E-state index in [4.69, 9.17) is 4.74 Å². The Morgan fingerprint density at radius 3 is 2.12 bits per heavy atom. The summed E-state index contributed by atoms with van der Waals surface area (Å²) in [4.78, 5) is 11.5. The largest absolute Gasteiger partial charge is 0.368 e. The van der Waals surface area contributed by atoms with Gasteiger partial charge >= 0.3 is 5.97 Å². The average Bonchev–Trinajstić information content (AvgIpc) is 2.41. The quantitative estimate of drug-likeness (QED) is 0.548. The topological polar surface area (TPSA) is 26.3 Å². The first kappa shape index (κ1) is 11.0. The molecule has 0 atom stereocenters. The highest BCUT2D eigenvalue weighted by molar-refractivity contribution is 5.90. The van der Waals surface area contributed by atoms with Crippen LogP contribution >= 0.6 is 0 Å². The Hall–Kier alpha value is -2.53. The zero-order valence-electron chi connectivity index (χ0n) is 9.09. The summed E-state index contributed by atoms with van der Waals surface area (Å²) < 4.78 is 4.83. The molecule has 0 fully saturated rings. The maximum Gasteiger partial charge on any atom is 0.352 e. The number of esters is 1. The Kier molecular flexibility index (Phi) is 3.57. The summed E-state index contributed by atoms with van der Waals surface area (Å²) in [7, 11) is 0. The summed E-state index contributed by atoms with van der Waals surface area (Å²) in [6, 6.07) is 18.1. The lowest BCUT2D eigenvalue weighted by molar-refractivity contribution is 0.0690. The molecular weight excluding hydrogens is 212 g/mol. The number of benzene rings is 2. The molecule has 0 N–H and O–H groups in total. The van der Waals surface area contributed by atoms with Gasteiger partial charge in [-0.2, -0.15) is 0 Å². The first-order chi connectivity index (χ1) is 8.36. The normalized spacial score (nSPS) is 8.94. The van der Waals surface area contributed by atoms with Crippen LogP contribution in [0, 0.1) is 12.0 Å². The lowest BCUT2D eigenvalue weighted by Gasteiger charge is -1.95. The highest BCUT2D eigenvalue weighted by Crippen LogP contribution is 2.00. The summed E-state index contributed by atoms with van der Waals surface area (Å²) in [6.07, 6.45) is 2.40. The third-order valence-electron chi connectivity index (χ3n) is 2.12. The summed E-state index contributed by atoms with van der Waals surface area (Å²) in [5, 5.41) is 0. The van der Waals surface area contributed by atoms with Gasteiger partial charge in [-0.3, -0.25) is 0 Å². The monoisotopic (exact) mass is 222 g/mol. The molecule has 82 valence electrons. The number of hydrogen-bond donors (Lipinski definition) is 0. The minimum atomic E-state index is -0.436. The Labute approximate surface area is 99.9 Å². The number of carbonyl (C=O) groups excluding carboxylic acids is 1. The second-order valence-electron chi connectivity index (χ2n) is 3.35. The Morgan fingerprint density at radius 2 is 1.47 bits per heavy atom. The summed E-state index contributed by atoms with van der Waals surface area (Å²) in [5.41, 5.74) is 1.31. The molecule has 0 aliphatic rings. The van der Waals surface area contributed by atoms with Gasteiger partial charge in [0.25, 0.3) is 0 Å². The van der Waals surface area contributed by atoms with Gasteiger partial charge < -0.3 is 4.74 Å². The van der Waals surface area contributed by atoms with E-state index in [2.05, 4.69) is 12.0 Å². The van der Waals surface area contributed by atoms with E-state index < -0.39 is 5.97 Å². The number of ether oxygens (including phenoxy) is 1. The molecule has 2 heteroatoms. The van der Waals surface area contributed by atoms with Crippen molar-refractivity contribution in [2.45, 2.75) is 0 Å². The van der Waals surface area contributed by atoms with Crippen LogP contribution in [0.15, 0.2) is 60.7 Å². The molecule has 0 bridgehead atoms. The molecule has 0 aromatic heterocycles. The molecular formula is C15H10O2. The average molecular weight is 222 g/mol. The molecule has 2 nitrogen and oxygen atoms in total. The molecule has 0 aliphatic heterocycles. The number of rotatable bonds is 1. The van der Waals surface area contributed by atoms with Gasteiger partial charge in [-0.15, -0.1) is 0 Å². The van der Waals surface area contributed by atoms with E-state index in [9.17, 15) is 4.79 Å². The smallest absolute Gasteiger partial charge is 0.352 e. The number of carbonyl (C=O) groups is 1. The van der Waals surface area contributed by atoms with Gasteiger partial charge in [-0.05, 0) is 30.2 Å². The lowest BCUT2D eigenvalue weighted by Crippen LogP contribution is -1.99. The maximum absolute atomic E-state index is 11.5. The minimum Gasteiger partial charge on any atom is -0.368 e. The summed E-state index contributed by atoms with van der Waals surface area (Å²) in [6.45, 7) is 0. The van der Waals surface area contributed by atoms with Crippen LogP contribution in [0.25, 0.3) is 0 Å². The first-order valence-corrected chi connectivity index (χ1v) is 5.18. The Balaban J connectivity index is 2.00. The molecule has 0 radical (unpaired) electrons. The zero-order chi connectivity index (χ0) is 11.9. The van der Waals surface area contributed by atoms with E-state index >= 15 is 0 Å². The first-order valence-electron chi connectivity index (χ1n) is 5.18. The third kappa shape index (κ3) is 3.22. The molecule has 0 unspecified atom stereocenters. The van der Waals surface area contributed by atoms with Crippen molar-refractivity contribution in [3.8, 4) is 12.0 Å². The van der Waals surface area contributed by atoms with E-state index in [1.54, 1.807) is 24.3 Å². The van der Waals surface area contributed by atoms with Crippen LogP contribution in [-0.2, 0) is 4.74 Å². The van der Waals surface area contributed by atoms with Crippen molar-refractivity contribution >= 4 is 5.97 Å². The van der Waals surface area contributed by atoms with E-state index in [-0.39, 0.29) is 0 Å². The summed E-state index contributed by atoms with van der Waals surface area (Å²) in [5.74, 6) is 2.32. The molecule has 2 rings (SSSR count). The van der Waals surface area contributed by atoms with Crippen molar-refractivity contribution in [3.05, 3.63) is 71.8 Å². The maximum atomic E-state index is 11.5. The van der Waals surface area contributed by atoms with E-state index in [0.29, 0.717) is 5.56 Å². The van der Waals surface area contributed by atoms with Gasteiger partial charge in [0, 0.05) is 5.56 Å². The molecule has 2 aromatic rings. The van der Waals surface area contributed by atoms with Crippen LogP contribution in [0.2, 0.25) is 0 Å². The van der Waals surface area contributed by atoms with Crippen LogP contribution in [-0.4, -0.2) is 5.97 Å². The van der Waals surface area contributed by atoms with E-state index in [1.807, 2.05) is 36.4 Å². The van der Waals surface area contributed by atoms with Gasteiger partial charge in [0.15, 0.2) is 0 Å². The second-order valence-corrected chi connectivity index (χ2v) is 3.35. The van der Waals surface area contributed by atoms with Crippen LogP contribution in [0.3, 0.4) is 0 Å². The summed E-state index contributed by atoms with van der Waals surface area (Å²) >= 11 is 0. The van der Waals surface area contributed by atoms with Crippen molar-refractivity contribution in [3.63, 3.8) is 0 Å². The van der Waals surface area contributed by atoms with Gasteiger partial charge in [0.2, 0.25) is 0 Å². The van der Waals surface area contributed by atoms with Crippen molar-refractivity contribution in [1.29, 1.82) is 0 Å².